The molecule has 0 saturated heterocycles. The normalized spacial score (nSPS) is 10.6. The second-order valence-corrected chi connectivity index (χ2v) is 4.77. The van der Waals surface area contributed by atoms with Crippen LogP contribution in [0.5, 0.6) is 5.75 Å². The highest BCUT2D eigenvalue weighted by atomic mass is 16.5. The molecule has 5 heteroatoms. The van der Waals surface area contributed by atoms with E-state index in [0.29, 0.717) is 11.4 Å². The van der Waals surface area contributed by atoms with Crippen molar-refractivity contribution in [1.29, 1.82) is 0 Å². The van der Waals surface area contributed by atoms with E-state index in [0.717, 1.165) is 22.8 Å². The summed E-state index contributed by atoms with van der Waals surface area (Å²) in [6.07, 6.45) is -0.0657. The Morgan fingerprint density at radius 3 is 2.65 bits per heavy atom. The van der Waals surface area contributed by atoms with Crippen LogP contribution in [-0.4, -0.2) is 27.7 Å². The number of hydrogen-bond donors (Lipinski definition) is 1. The van der Waals surface area contributed by atoms with Gasteiger partial charge in [-0.3, -0.25) is 9.36 Å². The van der Waals surface area contributed by atoms with Crippen LogP contribution in [0.1, 0.15) is 22.8 Å². The topological polar surface area (TPSA) is 64.4 Å². The van der Waals surface area contributed by atoms with E-state index < -0.39 is 5.97 Å². The maximum absolute atomic E-state index is 11.1. The molecule has 2 aromatic rings. The molecule has 0 bridgehead atoms. The third-order valence-electron chi connectivity index (χ3n) is 3.23. The summed E-state index contributed by atoms with van der Waals surface area (Å²) in [5, 5.41) is 9.08. The Hall–Kier alpha value is -2.30. The molecule has 0 aliphatic heterocycles. The zero-order chi connectivity index (χ0) is 14.9. The second-order valence-electron chi connectivity index (χ2n) is 4.77. The van der Waals surface area contributed by atoms with Gasteiger partial charge < -0.3 is 9.84 Å². The molecule has 1 aromatic heterocycles. The number of carboxylic acids is 1. The predicted octanol–water partition coefficient (Wildman–Crippen LogP) is 2.43. The fourth-order valence-corrected chi connectivity index (χ4v) is 2.36. The summed E-state index contributed by atoms with van der Waals surface area (Å²) in [6.45, 7) is 5.67. The Bertz CT molecular complexity index is 659. The van der Waals surface area contributed by atoms with Crippen LogP contribution in [0.15, 0.2) is 18.2 Å². The van der Waals surface area contributed by atoms with E-state index in [9.17, 15) is 4.79 Å². The van der Waals surface area contributed by atoms with Gasteiger partial charge in [0.2, 0.25) is 0 Å². The lowest BCUT2D eigenvalue weighted by atomic mass is 10.2. The Labute approximate surface area is 117 Å². The minimum absolute atomic E-state index is 0.0657. The summed E-state index contributed by atoms with van der Waals surface area (Å²) < 4.78 is 7.24. The van der Waals surface area contributed by atoms with Crippen LogP contribution in [0.3, 0.4) is 0 Å². The Morgan fingerprint density at radius 2 is 2.05 bits per heavy atom. The molecule has 1 aromatic carbocycles. The van der Waals surface area contributed by atoms with Crippen molar-refractivity contribution < 1.29 is 14.6 Å². The fraction of sp³-hybridized carbons (Fsp3) is 0.333. The first-order valence-corrected chi connectivity index (χ1v) is 6.35. The lowest BCUT2D eigenvalue weighted by Crippen LogP contribution is -2.10. The maximum Gasteiger partial charge on any atom is 0.309 e. The number of benzene rings is 1. The first-order chi connectivity index (χ1) is 9.43. The monoisotopic (exact) mass is 274 g/mol. The molecule has 0 amide bonds. The van der Waals surface area contributed by atoms with Crippen LogP contribution >= 0.6 is 0 Å². The van der Waals surface area contributed by atoms with E-state index in [1.54, 1.807) is 7.11 Å². The molecule has 0 unspecified atom stereocenters. The van der Waals surface area contributed by atoms with Crippen molar-refractivity contribution in [2.75, 3.05) is 7.11 Å². The van der Waals surface area contributed by atoms with Crippen LogP contribution in [0, 0.1) is 20.8 Å². The van der Waals surface area contributed by atoms with Crippen molar-refractivity contribution >= 4 is 5.97 Å². The van der Waals surface area contributed by atoms with Gasteiger partial charge in [-0.15, -0.1) is 0 Å². The molecule has 0 fully saturated rings. The van der Waals surface area contributed by atoms with Gasteiger partial charge in [-0.2, -0.15) is 0 Å². The first-order valence-electron chi connectivity index (χ1n) is 6.35. The van der Waals surface area contributed by atoms with Crippen molar-refractivity contribution in [2.24, 2.45) is 0 Å². The lowest BCUT2D eigenvalue weighted by molar-refractivity contribution is -0.136. The average Bonchev–Trinajstić information content (AvgIpc) is 2.63. The number of aromatic nitrogens is 2. The molecule has 0 atom stereocenters. The van der Waals surface area contributed by atoms with Crippen LogP contribution < -0.4 is 4.74 Å². The summed E-state index contributed by atoms with van der Waals surface area (Å²) in [4.78, 5) is 15.5. The highest BCUT2D eigenvalue weighted by Gasteiger charge is 2.18. The number of ether oxygens (including phenoxy) is 1. The first kappa shape index (κ1) is 14.1. The van der Waals surface area contributed by atoms with Gasteiger partial charge in [0, 0.05) is 0 Å². The Morgan fingerprint density at radius 1 is 1.35 bits per heavy atom. The van der Waals surface area contributed by atoms with Gasteiger partial charge >= 0.3 is 5.97 Å². The minimum atomic E-state index is -0.874. The lowest BCUT2D eigenvalue weighted by Gasteiger charge is -2.14. The predicted molar refractivity (Wildman–Crippen MR) is 75.7 cm³/mol. The quantitative estimate of drug-likeness (QED) is 0.930. The SMILES string of the molecule is COc1ccc(C)cc1-n1c(C)nc(C)c1CC(=O)O. The molecule has 20 heavy (non-hydrogen) atoms. The Kier molecular flexibility index (Phi) is 3.79. The van der Waals surface area contributed by atoms with E-state index >= 15 is 0 Å². The summed E-state index contributed by atoms with van der Waals surface area (Å²) >= 11 is 0. The standard InChI is InChI=1S/C15H18N2O3/c1-9-5-6-14(20-4)13(7-9)17-11(3)16-10(2)12(17)8-15(18)19/h5-7H,8H2,1-4H3,(H,18,19). The van der Waals surface area contributed by atoms with Gasteiger partial charge in [0.25, 0.3) is 0 Å². The third kappa shape index (κ3) is 2.52. The van der Waals surface area contributed by atoms with Gasteiger partial charge in [-0.1, -0.05) is 6.07 Å². The van der Waals surface area contributed by atoms with Crippen LogP contribution in [0.25, 0.3) is 5.69 Å². The van der Waals surface area contributed by atoms with Crippen LogP contribution in [0.4, 0.5) is 0 Å². The molecule has 1 heterocycles. The van der Waals surface area contributed by atoms with Crippen molar-refractivity contribution in [2.45, 2.75) is 27.2 Å². The minimum Gasteiger partial charge on any atom is -0.495 e. The van der Waals surface area contributed by atoms with Crippen molar-refractivity contribution in [3.05, 3.63) is 41.0 Å². The molecule has 1 N–H and O–H groups in total. The number of aliphatic carboxylic acids is 1. The number of rotatable bonds is 4. The fourth-order valence-electron chi connectivity index (χ4n) is 2.36. The van der Waals surface area contributed by atoms with Gasteiger partial charge in [0.05, 0.1) is 30.6 Å². The Balaban J connectivity index is 2.68. The number of carbonyl (C=O) groups is 1. The second kappa shape index (κ2) is 5.36. The van der Waals surface area contributed by atoms with E-state index in [-0.39, 0.29) is 6.42 Å². The van der Waals surface area contributed by atoms with Gasteiger partial charge in [0.15, 0.2) is 0 Å². The number of nitrogens with zero attached hydrogens (tertiary/aromatic N) is 2. The molecular weight excluding hydrogens is 256 g/mol. The number of carboxylic acid groups (broad SMARTS) is 1. The summed E-state index contributed by atoms with van der Waals surface area (Å²) in [5.41, 5.74) is 3.31. The zero-order valence-corrected chi connectivity index (χ0v) is 12.1. The average molecular weight is 274 g/mol. The molecule has 0 spiro atoms. The number of imidazole rings is 1. The van der Waals surface area contributed by atoms with E-state index in [1.165, 1.54) is 0 Å². The van der Waals surface area contributed by atoms with E-state index in [4.69, 9.17) is 9.84 Å². The van der Waals surface area contributed by atoms with Gasteiger partial charge in [-0.25, -0.2) is 4.98 Å². The van der Waals surface area contributed by atoms with Crippen molar-refractivity contribution in [3.63, 3.8) is 0 Å². The maximum atomic E-state index is 11.1. The molecule has 2 rings (SSSR count). The highest BCUT2D eigenvalue weighted by Crippen LogP contribution is 2.28. The summed E-state index contributed by atoms with van der Waals surface area (Å²) in [5.74, 6) is 0.575. The number of aryl methyl sites for hydroxylation is 3. The smallest absolute Gasteiger partial charge is 0.309 e. The summed E-state index contributed by atoms with van der Waals surface area (Å²) in [6, 6.07) is 5.81. The van der Waals surface area contributed by atoms with Crippen LogP contribution in [-0.2, 0) is 11.2 Å². The van der Waals surface area contributed by atoms with Crippen molar-refractivity contribution in [1.82, 2.24) is 9.55 Å². The molecular formula is C15H18N2O3. The molecule has 0 aliphatic rings. The molecule has 5 nitrogen and oxygen atoms in total. The number of methoxy groups -OCH3 is 1. The van der Waals surface area contributed by atoms with Crippen LogP contribution in [0.2, 0.25) is 0 Å². The summed E-state index contributed by atoms with van der Waals surface area (Å²) in [7, 11) is 1.60. The van der Waals surface area contributed by atoms with Crippen molar-refractivity contribution in [3.8, 4) is 11.4 Å². The molecule has 106 valence electrons. The molecule has 0 saturated carbocycles. The number of hydrogen-bond acceptors (Lipinski definition) is 3. The van der Waals surface area contributed by atoms with Gasteiger partial charge in [0.1, 0.15) is 11.6 Å². The molecule has 0 aliphatic carbocycles. The van der Waals surface area contributed by atoms with Gasteiger partial charge in [-0.05, 0) is 38.5 Å². The molecule has 0 radical (unpaired) electrons. The van der Waals surface area contributed by atoms with E-state index in [1.807, 2.05) is 43.5 Å². The zero-order valence-electron chi connectivity index (χ0n) is 12.1. The third-order valence-corrected chi connectivity index (χ3v) is 3.23. The largest absolute Gasteiger partial charge is 0.495 e. The van der Waals surface area contributed by atoms with E-state index in [2.05, 4.69) is 4.98 Å². The highest BCUT2D eigenvalue weighted by molar-refractivity contribution is 5.70.